The second-order valence-corrected chi connectivity index (χ2v) is 2.57. The van der Waals surface area contributed by atoms with Gasteiger partial charge in [-0.1, -0.05) is 0 Å². The third kappa shape index (κ3) is 0.675. The highest BCUT2D eigenvalue weighted by Gasteiger charge is 2.08. The number of nitrogen functional groups attached to an aromatic ring is 1. The van der Waals surface area contributed by atoms with Gasteiger partial charge in [-0.05, 0) is 0 Å². The summed E-state index contributed by atoms with van der Waals surface area (Å²) in [5.74, 6) is 0.284. The molecule has 0 saturated heterocycles. The van der Waals surface area contributed by atoms with E-state index >= 15 is 0 Å². The number of fused-ring (bicyclic) bond motifs is 3. The molecule has 13 heavy (non-hydrogen) atoms. The summed E-state index contributed by atoms with van der Waals surface area (Å²) in [6.45, 7) is 0. The van der Waals surface area contributed by atoms with Crippen molar-refractivity contribution in [2.45, 2.75) is 0 Å². The second-order valence-electron chi connectivity index (χ2n) is 2.57. The van der Waals surface area contributed by atoms with E-state index in [1.54, 1.807) is 6.33 Å². The highest BCUT2D eigenvalue weighted by atomic mass is 15.3. The zero-order valence-corrected chi connectivity index (χ0v) is 6.47. The van der Waals surface area contributed by atoms with Crippen LogP contribution in [0.3, 0.4) is 0 Å². The Kier molecular flexibility index (Phi) is 0.950. The molecule has 0 radical (unpaired) electrons. The standard InChI is InChI=1S/C6H5N7/c7-6-12-4-3(8-1-9-4)5-10-2-11-13(5)6/h1-2H,(H2,7,12)(H,8,9). The Balaban J connectivity index is 2.70. The minimum Gasteiger partial charge on any atom is -0.368 e. The predicted molar refractivity (Wildman–Crippen MR) is 44.8 cm³/mol. The first-order valence-corrected chi connectivity index (χ1v) is 3.64. The summed E-state index contributed by atoms with van der Waals surface area (Å²) in [6.07, 6.45) is 2.97. The van der Waals surface area contributed by atoms with E-state index in [-0.39, 0.29) is 5.95 Å². The minimum absolute atomic E-state index is 0.284. The third-order valence-corrected chi connectivity index (χ3v) is 1.83. The number of nitrogens with two attached hydrogens (primary N) is 1. The van der Waals surface area contributed by atoms with Crippen LogP contribution in [0.15, 0.2) is 12.7 Å². The fourth-order valence-electron chi connectivity index (χ4n) is 1.27. The lowest BCUT2D eigenvalue weighted by atomic mass is 10.5. The molecule has 0 fully saturated rings. The van der Waals surface area contributed by atoms with Crippen LogP contribution < -0.4 is 5.73 Å². The summed E-state index contributed by atoms with van der Waals surface area (Å²) >= 11 is 0. The first-order valence-electron chi connectivity index (χ1n) is 3.64. The molecule has 0 bridgehead atoms. The highest BCUT2D eigenvalue weighted by Crippen LogP contribution is 2.13. The van der Waals surface area contributed by atoms with Crippen molar-refractivity contribution in [3.8, 4) is 0 Å². The highest BCUT2D eigenvalue weighted by molar-refractivity contribution is 5.85. The van der Waals surface area contributed by atoms with Gasteiger partial charge in [0.1, 0.15) is 11.8 Å². The van der Waals surface area contributed by atoms with E-state index in [9.17, 15) is 0 Å². The van der Waals surface area contributed by atoms with E-state index in [0.717, 1.165) is 5.52 Å². The molecule has 0 aromatic carbocycles. The number of nitrogens with zero attached hydrogens (tertiary/aromatic N) is 5. The van der Waals surface area contributed by atoms with Gasteiger partial charge in [0.25, 0.3) is 0 Å². The van der Waals surface area contributed by atoms with Crippen LogP contribution in [0.4, 0.5) is 5.95 Å². The molecule has 0 saturated carbocycles. The number of H-pyrrole nitrogens is 1. The molecule has 0 atom stereocenters. The van der Waals surface area contributed by atoms with Crippen molar-refractivity contribution in [2.24, 2.45) is 0 Å². The zero-order valence-electron chi connectivity index (χ0n) is 6.47. The van der Waals surface area contributed by atoms with Gasteiger partial charge in [0, 0.05) is 0 Å². The lowest BCUT2D eigenvalue weighted by Gasteiger charge is -1.95. The van der Waals surface area contributed by atoms with Crippen molar-refractivity contribution < 1.29 is 0 Å². The van der Waals surface area contributed by atoms with Gasteiger partial charge in [-0.15, -0.1) is 0 Å². The maximum atomic E-state index is 5.62. The van der Waals surface area contributed by atoms with Gasteiger partial charge < -0.3 is 10.7 Å². The second kappa shape index (κ2) is 1.94. The van der Waals surface area contributed by atoms with Crippen molar-refractivity contribution in [1.29, 1.82) is 0 Å². The Morgan fingerprint density at radius 3 is 3.23 bits per heavy atom. The quantitative estimate of drug-likeness (QED) is 0.483. The summed E-state index contributed by atoms with van der Waals surface area (Å²) < 4.78 is 1.46. The molecule has 7 heteroatoms. The molecule has 7 nitrogen and oxygen atoms in total. The molecule has 64 valence electrons. The van der Waals surface area contributed by atoms with Crippen molar-refractivity contribution in [3.05, 3.63) is 12.7 Å². The van der Waals surface area contributed by atoms with Crippen molar-refractivity contribution >= 4 is 22.8 Å². The molecule has 0 aliphatic rings. The van der Waals surface area contributed by atoms with E-state index in [4.69, 9.17) is 5.73 Å². The number of nitrogens with one attached hydrogen (secondary N) is 1. The average molecular weight is 175 g/mol. The molecule has 0 aliphatic carbocycles. The van der Waals surface area contributed by atoms with E-state index in [1.165, 1.54) is 10.8 Å². The van der Waals surface area contributed by atoms with E-state index in [0.29, 0.717) is 11.3 Å². The SMILES string of the molecule is Nc1nc2nc[nH]c2c2ncnn12. The van der Waals surface area contributed by atoms with Crippen LogP contribution in [0.2, 0.25) is 0 Å². The lowest BCUT2D eigenvalue weighted by Crippen LogP contribution is -2.02. The molecule has 0 amide bonds. The molecular weight excluding hydrogens is 170 g/mol. The Hall–Kier alpha value is -2.18. The minimum atomic E-state index is 0.284. The van der Waals surface area contributed by atoms with Gasteiger partial charge >= 0.3 is 0 Å². The first kappa shape index (κ1) is 6.35. The Labute approximate surface area is 71.6 Å². The van der Waals surface area contributed by atoms with Crippen LogP contribution in [0, 0.1) is 0 Å². The molecule has 3 rings (SSSR count). The van der Waals surface area contributed by atoms with E-state index in [1.807, 2.05) is 0 Å². The van der Waals surface area contributed by atoms with Gasteiger partial charge in [-0.3, -0.25) is 0 Å². The normalized spacial score (nSPS) is 11.4. The molecule has 3 aromatic heterocycles. The van der Waals surface area contributed by atoms with Crippen LogP contribution in [0.1, 0.15) is 0 Å². The number of imidazole rings is 1. The number of hydrogen-bond donors (Lipinski definition) is 2. The van der Waals surface area contributed by atoms with E-state index in [2.05, 4.69) is 25.0 Å². The van der Waals surface area contributed by atoms with Gasteiger partial charge in [-0.2, -0.15) is 14.6 Å². The predicted octanol–water partition coefficient (Wildman–Crippen LogP) is -0.417. The van der Waals surface area contributed by atoms with Crippen molar-refractivity contribution in [2.75, 3.05) is 5.73 Å². The molecule has 0 unspecified atom stereocenters. The topological polar surface area (TPSA) is 97.8 Å². The average Bonchev–Trinajstić information content (AvgIpc) is 2.66. The molecule has 0 aliphatic heterocycles. The van der Waals surface area contributed by atoms with Crippen LogP contribution in [0.25, 0.3) is 16.8 Å². The maximum absolute atomic E-state index is 5.62. The van der Waals surface area contributed by atoms with E-state index < -0.39 is 0 Å². The number of aromatic nitrogens is 6. The zero-order chi connectivity index (χ0) is 8.84. The van der Waals surface area contributed by atoms with Gasteiger partial charge in [-0.25, -0.2) is 9.97 Å². The summed E-state index contributed by atoms with van der Waals surface area (Å²) in [6, 6.07) is 0. The van der Waals surface area contributed by atoms with Crippen molar-refractivity contribution in [1.82, 2.24) is 29.5 Å². The number of aromatic amines is 1. The summed E-state index contributed by atoms with van der Waals surface area (Å²) in [7, 11) is 0. The fourth-order valence-corrected chi connectivity index (χ4v) is 1.27. The number of rotatable bonds is 0. The summed E-state index contributed by atoms with van der Waals surface area (Å²) in [4.78, 5) is 15.0. The molecule has 3 heterocycles. The third-order valence-electron chi connectivity index (χ3n) is 1.83. The van der Waals surface area contributed by atoms with Crippen molar-refractivity contribution in [3.63, 3.8) is 0 Å². The molecule has 0 spiro atoms. The van der Waals surface area contributed by atoms with Crippen LogP contribution >= 0.6 is 0 Å². The Bertz CT molecular complexity index is 577. The van der Waals surface area contributed by atoms with Crippen LogP contribution in [0.5, 0.6) is 0 Å². The monoisotopic (exact) mass is 175 g/mol. The number of anilines is 1. The Morgan fingerprint density at radius 1 is 1.38 bits per heavy atom. The van der Waals surface area contributed by atoms with Crippen LogP contribution in [-0.2, 0) is 0 Å². The van der Waals surface area contributed by atoms with Gasteiger partial charge in [0.15, 0.2) is 11.3 Å². The number of hydrogen-bond acceptors (Lipinski definition) is 5. The largest absolute Gasteiger partial charge is 0.368 e. The summed E-state index contributed by atoms with van der Waals surface area (Å²) in [5.41, 5.74) is 7.56. The summed E-state index contributed by atoms with van der Waals surface area (Å²) in [5, 5.41) is 3.92. The smallest absolute Gasteiger partial charge is 0.225 e. The maximum Gasteiger partial charge on any atom is 0.225 e. The Morgan fingerprint density at radius 2 is 2.31 bits per heavy atom. The molecule has 3 aromatic rings. The first-order chi connectivity index (χ1) is 6.36. The lowest BCUT2D eigenvalue weighted by molar-refractivity contribution is 0.948. The molecule has 3 N–H and O–H groups in total. The van der Waals surface area contributed by atoms with Gasteiger partial charge in [0.2, 0.25) is 5.95 Å². The molecular formula is C6H5N7. The van der Waals surface area contributed by atoms with Crippen LogP contribution in [-0.4, -0.2) is 29.5 Å². The fraction of sp³-hybridized carbons (Fsp3) is 0. The van der Waals surface area contributed by atoms with Gasteiger partial charge in [0.05, 0.1) is 6.33 Å².